The average Bonchev–Trinajstić information content (AvgIpc) is 2.58. The Balaban J connectivity index is 2.40. The third-order valence-corrected chi connectivity index (χ3v) is 4.10. The highest BCUT2D eigenvalue weighted by Crippen LogP contribution is 2.31. The molecule has 0 unspecified atom stereocenters. The first-order valence-electron chi connectivity index (χ1n) is 7.71. The van der Waals surface area contributed by atoms with Crippen LogP contribution in [0.2, 0.25) is 0 Å². The topological polar surface area (TPSA) is 57.4 Å². The van der Waals surface area contributed by atoms with Crippen molar-refractivity contribution in [2.75, 3.05) is 12.9 Å². The summed E-state index contributed by atoms with van der Waals surface area (Å²) >= 11 is 1.40. The summed E-state index contributed by atoms with van der Waals surface area (Å²) in [6.07, 6.45) is 3.78. The standard InChI is InChI=1S/C19H21N3OS/c1-5-23-18-13(2)9-16(10-14(18)3)15-7-6-8-17(11-15)22-19(24-4)21-12-20/h6-11H,5H2,1-4H3,(H,21,22). The van der Waals surface area contributed by atoms with E-state index in [2.05, 4.69) is 42.4 Å². The Hall–Kier alpha value is -2.45. The predicted molar refractivity (Wildman–Crippen MR) is 102 cm³/mol. The van der Waals surface area contributed by atoms with Crippen LogP contribution in [0.15, 0.2) is 41.4 Å². The first-order valence-corrected chi connectivity index (χ1v) is 8.93. The van der Waals surface area contributed by atoms with E-state index in [0.717, 1.165) is 33.7 Å². The minimum absolute atomic E-state index is 0.578. The molecule has 0 saturated heterocycles. The number of aliphatic imine (C=N–C) groups is 1. The molecule has 0 aliphatic heterocycles. The molecule has 0 aliphatic carbocycles. The molecule has 0 atom stereocenters. The molecule has 0 aliphatic rings. The normalized spacial score (nSPS) is 11.0. The van der Waals surface area contributed by atoms with Crippen molar-refractivity contribution < 1.29 is 4.74 Å². The van der Waals surface area contributed by atoms with Gasteiger partial charge in [-0.15, -0.1) is 0 Å². The van der Waals surface area contributed by atoms with Gasteiger partial charge in [0.1, 0.15) is 5.75 Å². The van der Waals surface area contributed by atoms with E-state index in [0.29, 0.717) is 11.8 Å². The fourth-order valence-electron chi connectivity index (χ4n) is 2.53. The van der Waals surface area contributed by atoms with E-state index in [1.807, 2.05) is 37.6 Å². The lowest BCUT2D eigenvalue weighted by atomic mass is 9.99. The zero-order valence-electron chi connectivity index (χ0n) is 14.4. The van der Waals surface area contributed by atoms with Crippen molar-refractivity contribution in [2.24, 2.45) is 4.99 Å². The Morgan fingerprint density at radius 3 is 2.50 bits per heavy atom. The van der Waals surface area contributed by atoms with Crippen molar-refractivity contribution in [2.45, 2.75) is 20.8 Å². The van der Waals surface area contributed by atoms with Crippen LogP contribution in [0.5, 0.6) is 5.75 Å². The quantitative estimate of drug-likeness (QED) is 0.376. The maximum absolute atomic E-state index is 8.74. The van der Waals surface area contributed by atoms with Gasteiger partial charge in [-0.05, 0) is 73.5 Å². The van der Waals surface area contributed by atoms with Crippen LogP contribution in [-0.2, 0) is 0 Å². The van der Waals surface area contributed by atoms with Crippen LogP contribution in [0, 0.1) is 25.3 Å². The molecule has 2 aromatic carbocycles. The van der Waals surface area contributed by atoms with Crippen molar-refractivity contribution in [1.82, 2.24) is 5.32 Å². The van der Waals surface area contributed by atoms with Gasteiger partial charge in [0.05, 0.1) is 12.3 Å². The second kappa shape index (κ2) is 8.42. The highest BCUT2D eigenvalue weighted by atomic mass is 32.2. The summed E-state index contributed by atoms with van der Waals surface area (Å²) in [7, 11) is 0. The van der Waals surface area contributed by atoms with Crippen LogP contribution in [-0.4, -0.2) is 18.0 Å². The summed E-state index contributed by atoms with van der Waals surface area (Å²) in [5.74, 6) is 0.957. The molecule has 0 saturated carbocycles. The molecule has 0 aromatic heterocycles. The third kappa shape index (κ3) is 4.30. The van der Waals surface area contributed by atoms with Gasteiger partial charge in [-0.3, -0.25) is 5.32 Å². The van der Waals surface area contributed by atoms with E-state index in [4.69, 9.17) is 10.00 Å². The molecule has 24 heavy (non-hydrogen) atoms. The summed E-state index contributed by atoms with van der Waals surface area (Å²) in [6, 6.07) is 12.2. The van der Waals surface area contributed by atoms with Crippen LogP contribution >= 0.6 is 11.8 Å². The molecular formula is C19H21N3OS. The van der Waals surface area contributed by atoms with Gasteiger partial charge in [-0.1, -0.05) is 23.9 Å². The van der Waals surface area contributed by atoms with Gasteiger partial charge in [0.2, 0.25) is 0 Å². The van der Waals surface area contributed by atoms with E-state index < -0.39 is 0 Å². The number of amidine groups is 1. The van der Waals surface area contributed by atoms with Gasteiger partial charge in [-0.25, -0.2) is 4.99 Å². The second-order valence-electron chi connectivity index (χ2n) is 5.28. The summed E-state index contributed by atoms with van der Waals surface area (Å²) in [4.78, 5) is 4.47. The molecule has 2 aromatic rings. The lowest BCUT2D eigenvalue weighted by Gasteiger charge is -2.13. The number of nitrogens with zero attached hydrogens (tertiary/aromatic N) is 2. The fourth-order valence-corrected chi connectivity index (χ4v) is 2.88. The third-order valence-electron chi connectivity index (χ3n) is 3.52. The molecule has 1 N–H and O–H groups in total. The number of rotatable bonds is 4. The van der Waals surface area contributed by atoms with E-state index in [9.17, 15) is 0 Å². The van der Waals surface area contributed by atoms with Crippen molar-refractivity contribution in [3.63, 3.8) is 0 Å². The van der Waals surface area contributed by atoms with Crippen molar-refractivity contribution in [3.05, 3.63) is 47.5 Å². The average molecular weight is 339 g/mol. The highest BCUT2D eigenvalue weighted by molar-refractivity contribution is 8.13. The maximum atomic E-state index is 8.74. The molecule has 0 fully saturated rings. The zero-order valence-corrected chi connectivity index (χ0v) is 15.2. The van der Waals surface area contributed by atoms with E-state index >= 15 is 0 Å². The Morgan fingerprint density at radius 1 is 1.21 bits per heavy atom. The number of aryl methyl sites for hydroxylation is 2. The van der Waals surface area contributed by atoms with Crippen molar-refractivity contribution in [3.8, 4) is 23.1 Å². The monoisotopic (exact) mass is 339 g/mol. The maximum Gasteiger partial charge on any atom is 0.183 e. The first-order chi connectivity index (χ1) is 11.6. The Kier molecular flexibility index (Phi) is 6.28. The predicted octanol–water partition coefficient (Wildman–Crippen LogP) is 4.79. The molecule has 5 heteroatoms. The van der Waals surface area contributed by atoms with Gasteiger partial charge in [0.15, 0.2) is 11.4 Å². The Bertz CT molecular complexity index is 770. The van der Waals surface area contributed by atoms with Gasteiger partial charge < -0.3 is 4.74 Å². The number of ether oxygens (including phenoxy) is 1. The van der Waals surface area contributed by atoms with Gasteiger partial charge in [0.25, 0.3) is 0 Å². The summed E-state index contributed by atoms with van der Waals surface area (Å²) in [5, 5.41) is 11.9. The van der Waals surface area contributed by atoms with E-state index in [1.165, 1.54) is 11.8 Å². The molecule has 0 amide bonds. The molecule has 0 spiro atoms. The van der Waals surface area contributed by atoms with Crippen molar-refractivity contribution >= 4 is 22.6 Å². The number of benzene rings is 2. The molecule has 124 valence electrons. The van der Waals surface area contributed by atoms with Crippen LogP contribution in [0.25, 0.3) is 11.1 Å². The molecular weight excluding hydrogens is 318 g/mol. The molecule has 0 heterocycles. The Labute approximate surface area is 147 Å². The second-order valence-corrected chi connectivity index (χ2v) is 6.08. The largest absolute Gasteiger partial charge is 0.493 e. The lowest BCUT2D eigenvalue weighted by molar-refractivity contribution is 0.335. The fraction of sp³-hybridized carbons (Fsp3) is 0.263. The molecule has 2 rings (SSSR count). The van der Waals surface area contributed by atoms with E-state index in [1.54, 1.807) is 0 Å². The number of nitriles is 1. The highest BCUT2D eigenvalue weighted by Gasteiger charge is 2.08. The lowest BCUT2D eigenvalue weighted by Crippen LogP contribution is -2.12. The molecule has 4 nitrogen and oxygen atoms in total. The SMILES string of the molecule is CCOc1c(C)cc(-c2cccc(N=C(NC#N)SC)c2)cc1C. The minimum Gasteiger partial charge on any atom is -0.493 e. The zero-order chi connectivity index (χ0) is 17.5. The number of nitrogens with one attached hydrogen (secondary N) is 1. The van der Waals surface area contributed by atoms with Gasteiger partial charge in [-0.2, -0.15) is 5.26 Å². The van der Waals surface area contributed by atoms with Crippen LogP contribution in [0.1, 0.15) is 18.1 Å². The first kappa shape index (κ1) is 17.9. The number of thioether (sulfide) groups is 1. The Morgan fingerprint density at radius 2 is 1.92 bits per heavy atom. The summed E-state index contributed by atoms with van der Waals surface area (Å²) in [6.45, 7) is 6.78. The molecule has 0 bridgehead atoms. The summed E-state index contributed by atoms with van der Waals surface area (Å²) in [5.41, 5.74) is 5.27. The van der Waals surface area contributed by atoms with Crippen LogP contribution in [0.3, 0.4) is 0 Å². The molecule has 0 radical (unpaired) electrons. The van der Waals surface area contributed by atoms with Gasteiger partial charge >= 0.3 is 0 Å². The smallest absolute Gasteiger partial charge is 0.183 e. The van der Waals surface area contributed by atoms with E-state index in [-0.39, 0.29) is 0 Å². The van der Waals surface area contributed by atoms with Gasteiger partial charge in [0, 0.05) is 0 Å². The minimum atomic E-state index is 0.578. The number of hydrogen-bond donors (Lipinski definition) is 1. The van der Waals surface area contributed by atoms with Crippen LogP contribution in [0.4, 0.5) is 5.69 Å². The van der Waals surface area contributed by atoms with Crippen molar-refractivity contribution in [1.29, 1.82) is 5.26 Å². The van der Waals surface area contributed by atoms with Crippen LogP contribution < -0.4 is 10.1 Å². The summed E-state index contributed by atoms with van der Waals surface area (Å²) < 4.78 is 5.71. The number of hydrogen-bond acceptors (Lipinski definition) is 4.